The van der Waals surface area contributed by atoms with Gasteiger partial charge in [0.15, 0.2) is 5.78 Å². The molecule has 0 amide bonds. The molecule has 0 unspecified atom stereocenters. The van der Waals surface area contributed by atoms with E-state index in [1.54, 1.807) is 6.92 Å². The van der Waals surface area contributed by atoms with Gasteiger partial charge >= 0.3 is 0 Å². The normalized spacial score (nSPS) is 27.6. The summed E-state index contributed by atoms with van der Waals surface area (Å²) in [5, 5.41) is 69.3. The molecule has 0 spiro atoms. The third kappa shape index (κ3) is 6.07. The fourth-order valence-electron chi connectivity index (χ4n) is 3.42. The zero-order valence-corrected chi connectivity index (χ0v) is 18.0. The van der Waals surface area contributed by atoms with Gasteiger partial charge in [0.05, 0.1) is 25.9 Å². The molecule has 7 atom stereocenters. The number of aliphatic hydroxyl groups excluding tert-OH is 6. The van der Waals surface area contributed by atoms with Gasteiger partial charge in [-0.25, -0.2) is 0 Å². The Bertz CT molecular complexity index is 754. The highest BCUT2D eigenvalue weighted by molar-refractivity contribution is 6.01. The van der Waals surface area contributed by atoms with E-state index in [1.807, 2.05) is 0 Å². The van der Waals surface area contributed by atoms with Crippen molar-refractivity contribution < 1.29 is 54.8 Å². The number of aromatic hydroxyl groups is 1. The van der Waals surface area contributed by atoms with E-state index in [0.717, 1.165) is 0 Å². The number of hydrogen-bond donors (Lipinski definition) is 7. The van der Waals surface area contributed by atoms with Crippen LogP contribution in [0.3, 0.4) is 0 Å². The molecule has 1 saturated heterocycles. The summed E-state index contributed by atoms with van der Waals surface area (Å²) in [6.07, 6.45) is -8.97. The summed E-state index contributed by atoms with van der Waals surface area (Å²) in [5.41, 5.74) is -0.228. The molecule has 1 aromatic carbocycles. The van der Waals surface area contributed by atoms with Gasteiger partial charge in [-0.15, -0.1) is 0 Å². The van der Waals surface area contributed by atoms with E-state index in [9.17, 15) is 40.5 Å². The molecule has 0 bridgehead atoms. The average Bonchev–Trinajstić information content (AvgIpc) is 2.78. The first-order chi connectivity index (χ1) is 15.1. The van der Waals surface area contributed by atoms with Crippen LogP contribution in [0.5, 0.6) is 17.2 Å². The number of ketones is 1. The first-order valence-electron chi connectivity index (χ1n) is 10.4. The lowest BCUT2D eigenvalue weighted by atomic mass is 9.98. The fourth-order valence-corrected chi connectivity index (χ4v) is 3.42. The van der Waals surface area contributed by atoms with Crippen LogP contribution < -0.4 is 9.47 Å². The van der Waals surface area contributed by atoms with Crippen LogP contribution in [0, 0.1) is 0 Å². The molecule has 0 aromatic heterocycles. The predicted octanol–water partition coefficient (Wildman–Crippen LogP) is -0.936. The first kappa shape index (κ1) is 26.3. The molecular weight excluding hydrogens is 428 g/mol. The van der Waals surface area contributed by atoms with Crippen LogP contribution in [-0.2, 0) is 4.74 Å². The van der Waals surface area contributed by atoms with Crippen LogP contribution in [0.2, 0.25) is 0 Å². The number of methoxy groups -OCH3 is 1. The lowest BCUT2D eigenvalue weighted by molar-refractivity contribution is -0.277. The maximum Gasteiger partial charge on any atom is 0.229 e. The summed E-state index contributed by atoms with van der Waals surface area (Å²) in [6, 6.07) is 2.48. The summed E-state index contributed by atoms with van der Waals surface area (Å²) < 4.78 is 16.0. The average molecular weight is 460 g/mol. The number of aliphatic hydroxyl groups is 6. The third-order valence-electron chi connectivity index (χ3n) is 5.43. The zero-order valence-electron chi connectivity index (χ0n) is 18.0. The van der Waals surface area contributed by atoms with Crippen molar-refractivity contribution in [1.29, 1.82) is 0 Å². The second kappa shape index (κ2) is 11.8. The fraction of sp³-hybridized carbons (Fsp3) is 0.667. The zero-order chi connectivity index (χ0) is 24.0. The molecule has 1 aromatic rings. The molecule has 0 saturated carbocycles. The van der Waals surface area contributed by atoms with Crippen molar-refractivity contribution in [2.45, 2.75) is 75.5 Å². The molecule has 0 aliphatic carbocycles. The van der Waals surface area contributed by atoms with Gasteiger partial charge in [0.1, 0.15) is 47.2 Å². The Kier molecular flexibility index (Phi) is 9.64. The predicted molar refractivity (Wildman–Crippen MR) is 110 cm³/mol. The number of phenolic OH excluding ortho intramolecular Hbond substituents is 1. The molecule has 7 N–H and O–H groups in total. The van der Waals surface area contributed by atoms with Crippen LogP contribution in [0.15, 0.2) is 12.1 Å². The van der Waals surface area contributed by atoms with E-state index >= 15 is 0 Å². The number of rotatable bonds is 11. The molecule has 2 rings (SSSR count). The standard InChI is InChI=1S/C21H32O11/c1-3-11(23)12(24)5-4-6-13(25)17-14(26)7-10(30-2)8-15(17)31-21-20(29)19(28)18(27)16(9-22)32-21/h7-8,11-12,16,18-24,26-29H,3-6,9H2,1-2H3/t11-,12+,16+,18+,19-,20+,21+/m0/s1. The maximum absolute atomic E-state index is 12.8. The summed E-state index contributed by atoms with van der Waals surface area (Å²) in [4.78, 5) is 12.8. The van der Waals surface area contributed by atoms with Gasteiger partial charge in [0.25, 0.3) is 0 Å². The molecule has 182 valence electrons. The summed E-state index contributed by atoms with van der Waals surface area (Å²) in [7, 11) is 1.33. The quantitative estimate of drug-likeness (QED) is 0.202. The molecule has 1 fully saturated rings. The van der Waals surface area contributed by atoms with Gasteiger partial charge in [-0.3, -0.25) is 4.79 Å². The van der Waals surface area contributed by atoms with E-state index in [1.165, 1.54) is 19.2 Å². The van der Waals surface area contributed by atoms with E-state index < -0.39 is 61.1 Å². The van der Waals surface area contributed by atoms with Crippen LogP contribution in [0.4, 0.5) is 0 Å². The SMILES string of the molecule is CC[C@H](O)[C@H](O)CCCC(=O)c1c(O)cc(OC)cc1O[C@@H]1O[C@H](CO)[C@@H](O)[C@H](O)[C@H]1O. The van der Waals surface area contributed by atoms with Crippen LogP contribution in [0.25, 0.3) is 0 Å². The van der Waals surface area contributed by atoms with Crippen LogP contribution in [0.1, 0.15) is 43.0 Å². The van der Waals surface area contributed by atoms with Crippen molar-refractivity contribution in [2.75, 3.05) is 13.7 Å². The number of phenols is 1. The second-order valence-electron chi connectivity index (χ2n) is 7.69. The summed E-state index contributed by atoms with van der Waals surface area (Å²) in [5.74, 6) is -1.06. The smallest absolute Gasteiger partial charge is 0.229 e. The van der Waals surface area contributed by atoms with Gasteiger partial charge in [-0.05, 0) is 19.3 Å². The lowest BCUT2D eigenvalue weighted by Crippen LogP contribution is -2.60. The highest BCUT2D eigenvalue weighted by Gasteiger charge is 2.45. The molecule has 1 aliphatic rings. The Labute approximate surface area is 185 Å². The molecule has 32 heavy (non-hydrogen) atoms. The molecular formula is C21H32O11. The number of carbonyl (C=O) groups excluding carboxylic acids is 1. The number of ether oxygens (including phenoxy) is 3. The highest BCUT2D eigenvalue weighted by Crippen LogP contribution is 2.36. The number of hydrogen-bond acceptors (Lipinski definition) is 11. The summed E-state index contributed by atoms with van der Waals surface area (Å²) >= 11 is 0. The Hall–Kier alpha value is -1.99. The largest absolute Gasteiger partial charge is 0.507 e. The number of Topliss-reactive ketones (excluding diaryl/α,β-unsaturated/α-hetero) is 1. The van der Waals surface area contributed by atoms with E-state index in [2.05, 4.69) is 0 Å². The van der Waals surface area contributed by atoms with E-state index in [4.69, 9.17) is 14.2 Å². The first-order valence-corrected chi connectivity index (χ1v) is 10.4. The third-order valence-corrected chi connectivity index (χ3v) is 5.43. The van der Waals surface area contributed by atoms with Gasteiger partial charge < -0.3 is 50.0 Å². The maximum atomic E-state index is 12.8. The summed E-state index contributed by atoms with van der Waals surface area (Å²) in [6.45, 7) is 1.06. The second-order valence-corrected chi connectivity index (χ2v) is 7.69. The van der Waals surface area contributed by atoms with Crippen molar-refractivity contribution >= 4 is 5.78 Å². The number of benzene rings is 1. The van der Waals surface area contributed by atoms with Crippen LogP contribution >= 0.6 is 0 Å². The molecule has 1 aliphatic heterocycles. The minimum Gasteiger partial charge on any atom is -0.507 e. The minimum absolute atomic E-state index is 0.0849. The van der Waals surface area contributed by atoms with Gasteiger partial charge in [-0.1, -0.05) is 6.92 Å². The Balaban J connectivity index is 2.23. The molecule has 1 heterocycles. The van der Waals surface area contributed by atoms with Crippen molar-refractivity contribution in [3.63, 3.8) is 0 Å². The molecule has 0 radical (unpaired) electrons. The van der Waals surface area contributed by atoms with Gasteiger partial charge in [0.2, 0.25) is 6.29 Å². The Morgan fingerprint density at radius 1 is 1.12 bits per heavy atom. The van der Waals surface area contributed by atoms with E-state index in [-0.39, 0.29) is 36.3 Å². The minimum atomic E-state index is -1.71. The van der Waals surface area contributed by atoms with Crippen molar-refractivity contribution in [3.8, 4) is 17.2 Å². The Morgan fingerprint density at radius 2 is 1.81 bits per heavy atom. The van der Waals surface area contributed by atoms with Gasteiger partial charge in [-0.2, -0.15) is 0 Å². The van der Waals surface area contributed by atoms with Crippen molar-refractivity contribution in [2.24, 2.45) is 0 Å². The topological polar surface area (TPSA) is 186 Å². The lowest BCUT2D eigenvalue weighted by Gasteiger charge is -2.39. The van der Waals surface area contributed by atoms with Crippen molar-refractivity contribution in [1.82, 2.24) is 0 Å². The Morgan fingerprint density at radius 3 is 2.41 bits per heavy atom. The number of carbonyl (C=O) groups is 1. The molecule has 11 nitrogen and oxygen atoms in total. The van der Waals surface area contributed by atoms with Gasteiger partial charge in [0, 0.05) is 18.6 Å². The van der Waals surface area contributed by atoms with Crippen LogP contribution in [-0.4, -0.2) is 98.2 Å². The monoisotopic (exact) mass is 460 g/mol. The van der Waals surface area contributed by atoms with E-state index in [0.29, 0.717) is 6.42 Å². The molecule has 11 heteroatoms. The highest BCUT2D eigenvalue weighted by atomic mass is 16.7. The van der Waals surface area contributed by atoms with Crippen molar-refractivity contribution in [3.05, 3.63) is 17.7 Å².